The van der Waals surface area contributed by atoms with E-state index in [4.69, 9.17) is 5.11 Å². The number of carboxylic acids is 1. The lowest BCUT2D eigenvalue weighted by atomic mass is 10.1. The Balaban J connectivity index is 1.53. The van der Waals surface area contributed by atoms with E-state index >= 15 is 0 Å². The van der Waals surface area contributed by atoms with Gasteiger partial charge in [-0.1, -0.05) is 18.2 Å². The van der Waals surface area contributed by atoms with Crippen LogP contribution in [0.15, 0.2) is 24.3 Å². The third-order valence-electron chi connectivity index (χ3n) is 4.45. The standard InChI is InChI=1S/C16H20N2O3/c19-15(7-9-17-8-5-13(11-17)16(20)21)18-10-6-12-3-1-2-4-14(12)18/h1-4,13H,5-11H2,(H,20,21). The van der Waals surface area contributed by atoms with Crippen LogP contribution in [-0.4, -0.2) is 48.1 Å². The summed E-state index contributed by atoms with van der Waals surface area (Å²) in [7, 11) is 0. The van der Waals surface area contributed by atoms with Crippen LogP contribution in [0.2, 0.25) is 0 Å². The van der Waals surface area contributed by atoms with Gasteiger partial charge in [-0.05, 0) is 31.0 Å². The predicted octanol–water partition coefficient (Wildman–Crippen LogP) is 1.37. The molecular weight excluding hydrogens is 268 g/mol. The van der Waals surface area contributed by atoms with Gasteiger partial charge in [0.15, 0.2) is 0 Å². The molecule has 2 aliphatic rings. The molecule has 0 radical (unpaired) electrons. The molecule has 21 heavy (non-hydrogen) atoms. The molecule has 1 N–H and O–H groups in total. The van der Waals surface area contributed by atoms with Crippen LogP contribution >= 0.6 is 0 Å². The van der Waals surface area contributed by atoms with Crippen molar-refractivity contribution in [2.24, 2.45) is 5.92 Å². The highest BCUT2D eigenvalue weighted by molar-refractivity contribution is 5.95. The zero-order valence-corrected chi connectivity index (χ0v) is 12.0. The van der Waals surface area contributed by atoms with Crippen molar-refractivity contribution < 1.29 is 14.7 Å². The molecule has 5 heteroatoms. The first-order valence-electron chi connectivity index (χ1n) is 7.48. The molecule has 5 nitrogen and oxygen atoms in total. The summed E-state index contributed by atoms with van der Waals surface area (Å²) in [6, 6.07) is 8.03. The normalized spacial score (nSPS) is 21.5. The summed E-state index contributed by atoms with van der Waals surface area (Å²) in [5, 5.41) is 8.99. The molecular formula is C16H20N2O3. The van der Waals surface area contributed by atoms with E-state index in [1.165, 1.54) is 5.56 Å². The lowest BCUT2D eigenvalue weighted by Gasteiger charge is -2.20. The van der Waals surface area contributed by atoms with E-state index < -0.39 is 5.97 Å². The smallest absolute Gasteiger partial charge is 0.307 e. The molecule has 0 aliphatic carbocycles. The van der Waals surface area contributed by atoms with Gasteiger partial charge in [-0.2, -0.15) is 0 Å². The van der Waals surface area contributed by atoms with Gasteiger partial charge in [0.25, 0.3) is 0 Å². The Morgan fingerprint density at radius 1 is 1.24 bits per heavy atom. The maximum Gasteiger partial charge on any atom is 0.307 e. The number of hydrogen-bond acceptors (Lipinski definition) is 3. The summed E-state index contributed by atoms with van der Waals surface area (Å²) >= 11 is 0. The minimum atomic E-state index is -0.725. The SMILES string of the molecule is O=C(O)C1CCN(CCC(=O)N2CCc3ccccc32)C1. The number of likely N-dealkylation sites (tertiary alicyclic amines) is 1. The van der Waals surface area contributed by atoms with Crippen LogP contribution in [0.1, 0.15) is 18.4 Å². The van der Waals surface area contributed by atoms with Gasteiger partial charge in [0.05, 0.1) is 5.92 Å². The predicted molar refractivity (Wildman–Crippen MR) is 79.3 cm³/mol. The number of carbonyl (C=O) groups excluding carboxylic acids is 1. The Morgan fingerprint density at radius 2 is 2.05 bits per heavy atom. The second-order valence-electron chi connectivity index (χ2n) is 5.80. The number of para-hydroxylation sites is 1. The number of fused-ring (bicyclic) bond motifs is 1. The van der Waals surface area contributed by atoms with Gasteiger partial charge in [-0.3, -0.25) is 9.59 Å². The van der Waals surface area contributed by atoms with Crippen LogP contribution < -0.4 is 4.90 Å². The Morgan fingerprint density at radius 3 is 2.81 bits per heavy atom. The molecule has 0 bridgehead atoms. The van der Waals surface area contributed by atoms with Crippen molar-refractivity contribution >= 4 is 17.6 Å². The van der Waals surface area contributed by atoms with Crippen molar-refractivity contribution in [3.05, 3.63) is 29.8 Å². The topological polar surface area (TPSA) is 60.9 Å². The number of carboxylic acid groups (broad SMARTS) is 1. The number of rotatable bonds is 4. The van der Waals surface area contributed by atoms with Gasteiger partial charge in [-0.15, -0.1) is 0 Å². The highest BCUT2D eigenvalue weighted by Gasteiger charge is 2.29. The fourth-order valence-electron chi connectivity index (χ4n) is 3.22. The van der Waals surface area contributed by atoms with Crippen molar-refractivity contribution in [2.75, 3.05) is 31.1 Å². The molecule has 0 aromatic heterocycles. The minimum absolute atomic E-state index is 0.138. The number of aliphatic carboxylic acids is 1. The average Bonchev–Trinajstić information content (AvgIpc) is 3.11. The van der Waals surface area contributed by atoms with E-state index in [2.05, 4.69) is 11.0 Å². The van der Waals surface area contributed by atoms with Crippen molar-refractivity contribution in [3.63, 3.8) is 0 Å². The maximum absolute atomic E-state index is 12.4. The van der Waals surface area contributed by atoms with E-state index in [9.17, 15) is 9.59 Å². The summed E-state index contributed by atoms with van der Waals surface area (Å²) in [6.07, 6.45) is 2.07. The summed E-state index contributed by atoms with van der Waals surface area (Å²) in [4.78, 5) is 27.2. The monoisotopic (exact) mass is 288 g/mol. The third-order valence-corrected chi connectivity index (χ3v) is 4.45. The lowest BCUT2D eigenvalue weighted by Crippen LogP contribution is -2.33. The highest BCUT2D eigenvalue weighted by Crippen LogP contribution is 2.28. The molecule has 112 valence electrons. The number of anilines is 1. The summed E-state index contributed by atoms with van der Waals surface area (Å²) in [5.74, 6) is -0.858. The van der Waals surface area contributed by atoms with Crippen molar-refractivity contribution in [1.82, 2.24) is 4.90 Å². The number of carbonyl (C=O) groups is 2. The largest absolute Gasteiger partial charge is 0.481 e. The van der Waals surface area contributed by atoms with Gasteiger partial charge < -0.3 is 14.9 Å². The zero-order chi connectivity index (χ0) is 14.8. The Labute approximate surface area is 124 Å². The molecule has 1 fully saturated rings. The average molecular weight is 288 g/mol. The molecule has 1 atom stereocenters. The van der Waals surface area contributed by atoms with Crippen LogP contribution in [0.3, 0.4) is 0 Å². The van der Waals surface area contributed by atoms with E-state index in [1.807, 2.05) is 23.1 Å². The molecule has 1 unspecified atom stereocenters. The molecule has 1 aromatic carbocycles. The van der Waals surface area contributed by atoms with Gasteiger partial charge in [0.1, 0.15) is 0 Å². The molecule has 1 saturated heterocycles. The lowest BCUT2D eigenvalue weighted by molar-refractivity contribution is -0.141. The fraction of sp³-hybridized carbons (Fsp3) is 0.500. The third kappa shape index (κ3) is 2.93. The Bertz CT molecular complexity index is 558. The van der Waals surface area contributed by atoms with E-state index in [-0.39, 0.29) is 11.8 Å². The number of hydrogen-bond donors (Lipinski definition) is 1. The fourth-order valence-corrected chi connectivity index (χ4v) is 3.22. The van der Waals surface area contributed by atoms with E-state index in [1.54, 1.807) is 0 Å². The first-order chi connectivity index (χ1) is 10.1. The van der Waals surface area contributed by atoms with E-state index in [0.717, 1.165) is 25.2 Å². The quantitative estimate of drug-likeness (QED) is 0.909. The molecule has 1 aromatic rings. The van der Waals surface area contributed by atoms with Crippen molar-refractivity contribution in [2.45, 2.75) is 19.3 Å². The van der Waals surface area contributed by atoms with Gasteiger partial charge >= 0.3 is 5.97 Å². The van der Waals surface area contributed by atoms with Crippen LogP contribution in [0.5, 0.6) is 0 Å². The Kier molecular flexibility index (Phi) is 3.92. The number of nitrogens with zero attached hydrogens (tertiary/aromatic N) is 2. The summed E-state index contributed by atoms with van der Waals surface area (Å²) in [5.41, 5.74) is 2.27. The molecule has 2 aliphatic heterocycles. The summed E-state index contributed by atoms with van der Waals surface area (Å²) < 4.78 is 0. The first-order valence-corrected chi connectivity index (χ1v) is 7.48. The molecule has 2 heterocycles. The maximum atomic E-state index is 12.4. The number of benzene rings is 1. The minimum Gasteiger partial charge on any atom is -0.481 e. The molecule has 0 saturated carbocycles. The highest BCUT2D eigenvalue weighted by atomic mass is 16.4. The van der Waals surface area contributed by atoms with Crippen LogP contribution in [0.4, 0.5) is 5.69 Å². The zero-order valence-electron chi connectivity index (χ0n) is 12.0. The summed E-state index contributed by atoms with van der Waals surface area (Å²) in [6.45, 7) is 2.76. The van der Waals surface area contributed by atoms with Crippen molar-refractivity contribution in [1.29, 1.82) is 0 Å². The van der Waals surface area contributed by atoms with Crippen LogP contribution in [-0.2, 0) is 16.0 Å². The first kappa shape index (κ1) is 14.1. The van der Waals surface area contributed by atoms with Gasteiger partial charge in [-0.25, -0.2) is 0 Å². The van der Waals surface area contributed by atoms with Gasteiger partial charge in [0, 0.05) is 31.7 Å². The second kappa shape index (κ2) is 5.85. The second-order valence-corrected chi connectivity index (χ2v) is 5.80. The Hall–Kier alpha value is -1.88. The van der Waals surface area contributed by atoms with Crippen LogP contribution in [0, 0.1) is 5.92 Å². The van der Waals surface area contributed by atoms with Gasteiger partial charge in [0.2, 0.25) is 5.91 Å². The molecule has 0 spiro atoms. The molecule has 1 amide bonds. The van der Waals surface area contributed by atoms with E-state index in [0.29, 0.717) is 25.9 Å². The van der Waals surface area contributed by atoms with Crippen molar-refractivity contribution in [3.8, 4) is 0 Å². The molecule has 3 rings (SSSR count). The number of amides is 1. The van der Waals surface area contributed by atoms with Crippen LogP contribution in [0.25, 0.3) is 0 Å².